The van der Waals surface area contributed by atoms with Crippen molar-refractivity contribution in [2.24, 2.45) is 5.84 Å². The number of nitrogens with two attached hydrogens (primary N) is 1. The van der Waals surface area contributed by atoms with E-state index in [2.05, 4.69) is 4.74 Å². The molecule has 0 aromatic heterocycles. The molecule has 1 aromatic carbocycles. The molecular weight excluding hydrogens is 216 g/mol. The van der Waals surface area contributed by atoms with Gasteiger partial charge in [0, 0.05) is 6.54 Å². The Morgan fingerprint density at radius 3 is 2.93 bits per heavy atom. The van der Waals surface area contributed by atoms with Gasteiger partial charge in [-0.25, -0.2) is 10.6 Å². The third-order valence-corrected chi connectivity index (χ3v) is 2.43. The maximum atomic E-state index is 11.2. The van der Waals surface area contributed by atoms with Gasteiger partial charge in [0.15, 0.2) is 0 Å². The summed E-state index contributed by atoms with van der Waals surface area (Å²) < 4.78 is 4.64. The number of carbonyl (C=O) groups excluding carboxylic acids is 1. The summed E-state index contributed by atoms with van der Waals surface area (Å²) in [6, 6.07) is 5.43. The lowest BCUT2D eigenvalue weighted by Crippen LogP contribution is -2.27. The van der Waals surface area contributed by atoms with E-state index in [0.717, 1.165) is 24.2 Å². The van der Waals surface area contributed by atoms with Crippen molar-refractivity contribution in [1.29, 1.82) is 0 Å². The van der Waals surface area contributed by atoms with E-state index in [4.69, 9.17) is 5.84 Å². The summed E-state index contributed by atoms with van der Waals surface area (Å²) in [5, 5.41) is 1.69. The molecule has 0 saturated carbocycles. The van der Waals surface area contributed by atoms with Crippen LogP contribution in [0, 0.1) is 0 Å². The van der Waals surface area contributed by atoms with Crippen LogP contribution in [-0.2, 0) is 11.2 Å². The number of hydrogen-bond acceptors (Lipinski definition) is 4. The average molecular weight is 229 g/mol. The van der Waals surface area contributed by atoms with Crippen molar-refractivity contribution in [3.05, 3.63) is 29.3 Å². The Kier molecular flexibility index (Phi) is 3.55. The Bertz CT molecular complexity index is 382. The second kappa shape index (κ2) is 4.51. The van der Waals surface area contributed by atoms with E-state index in [9.17, 15) is 4.79 Å². The van der Waals surface area contributed by atoms with E-state index < -0.39 is 0 Å². The molecule has 0 atom stereocenters. The highest BCUT2D eigenvalue weighted by Crippen LogP contribution is 2.26. The second-order valence-corrected chi connectivity index (χ2v) is 3.28. The maximum Gasteiger partial charge on any atom is 0.337 e. The first-order valence-electron chi connectivity index (χ1n) is 4.46. The first kappa shape index (κ1) is 11.8. The highest BCUT2D eigenvalue weighted by Gasteiger charge is 2.17. The largest absolute Gasteiger partial charge is 0.465 e. The van der Waals surface area contributed by atoms with Crippen molar-refractivity contribution in [3.63, 3.8) is 0 Å². The maximum absolute atomic E-state index is 11.2. The van der Waals surface area contributed by atoms with Gasteiger partial charge in [0.1, 0.15) is 0 Å². The number of hydrogen-bond donors (Lipinski definition) is 1. The first-order chi connectivity index (χ1) is 6.72. The number of methoxy groups -OCH3 is 1. The van der Waals surface area contributed by atoms with Crippen molar-refractivity contribution in [2.75, 3.05) is 18.7 Å². The SMILES string of the molecule is COC(=O)c1ccc2c(c1)CCN2N.Cl. The summed E-state index contributed by atoms with van der Waals surface area (Å²) in [6.45, 7) is 0.806. The molecule has 5 heteroatoms. The van der Waals surface area contributed by atoms with Crippen LogP contribution in [0.25, 0.3) is 0 Å². The van der Waals surface area contributed by atoms with Gasteiger partial charge < -0.3 is 9.75 Å². The van der Waals surface area contributed by atoms with Gasteiger partial charge in [-0.15, -0.1) is 12.4 Å². The van der Waals surface area contributed by atoms with Crippen LogP contribution >= 0.6 is 12.4 Å². The first-order valence-corrected chi connectivity index (χ1v) is 4.46. The highest BCUT2D eigenvalue weighted by molar-refractivity contribution is 5.90. The lowest BCUT2D eigenvalue weighted by molar-refractivity contribution is 0.0600. The Morgan fingerprint density at radius 1 is 1.53 bits per heavy atom. The molecule has 0 amide bonds. The summed E-state index contributed by atoms with van der Waals surface area (Å²) >= 11 is 0. The molecule has 0 fully saturated rings. The Morgan fingerprint density at radius 2 is 2.27 bits per heavy atom. The van der Waals surface area contributed by atoms with Crippen LogP contribution in [-0.4, -0.2) is 19.6 Å². The number of benzene rings is 1. The van der Waals surface area contributed by atoms with Crippen LogP contribution in [0.5, 0.6) is 0 Å². The summed E-state index contributed by atoms with van der Waals surface area (Å²) in [5.74, 6) is 5.42. The van der Waals surface area contributed by atoms with Gasteiger partial charge in [-0.3, -0.25) is 0 Å². The van der Waals surface area contributed by atoms with Gasteiger partial charge in [-0.05, 0) is 30.2 Å². The van der Waals surface area contributed by atoms with E-state index >= 15 is 0 Å². The third-order valence-electron chi connectivity index (χ3n) is 2.43. The molecule has 0 unspecified atom stereocenters. The molecule has 82 valence electrons. The Balaban J connectivity index is 0.00000112. The van der Waals surface area contributed by atoms with Crippen LogP contribution in [0.2, 0.25) is 0 Å². The Hall–Kier alpha value is -1.26. The van der Waals surface area contributed by atoms with Crippen LogP contribution < -0.4 is 10.9 Å². The van der Waals surface area contributed by atoms with Crippen LogP contribution in [0.3, 0.4) is 0 Å². The molecule has 15 heavy (non-hydrogen) atoms. The number of nitrogens with zero attached hydrogens (tertiary/aromatic N) is 1. The fourth-order valence-electron chi connectivity index (χ4n) is 1.67. The van der Waals surface area contributed by atoms with Gasteiger partial charge in [0.2, 0.25) is 0 Å². The topological polar surface area (TPSA) is 55.6 Å². The van der Waals surface area contributed by atoms with E-state index in [0.29, 0.717) is 5.56 Å². The third kappa shape index (κ3) is 2.06. The normalized spacial score (nSPS) is 13.1. The highest BCUT2D eigenvalue weighted by atomic mass is 35.5. The van der Waals surface area contributed by atoms with Crippen molar-refractivity contribution >= 4 is 24.1 Å². The number of halogens is 1. The smallest absolute Gasteiger partial charge is 0.337 e. The minimum absolute atomic E-state index is 0. The number of rotatable bonds is 1. The predicted octanol–water partition coefficient (Wildman–Crippen LogP) is 1.13. The summed E-state index contributed by atoms with van der Waals surface area (Å²) in [6.07, 6.45) is 0.886. The molecule has 0 radical (unpaired) electrons. The van der Waals surface area contributed by atoms with Crippen LogP contribution in [0.1, 0.15) is 15.9 Å². The fraction of sp³-hybridized carbons (Fsp3) is 0.300. The number of esters is 1. The molecule has 1 aromatic rings. The summed E-state index contributed by atoms with van der Waals surface area (Å²) in [7, 11) is 1.38. The molecule has 0 bridgehead atoms. The zero-order valence-electron chi connectivity index (χ0n) is 8.40. The number of carbonyl (C=O) groups is 1. The summed E-state index contributed by atoms with van der Waals surface area (Å²) in [5.41, 5.74) is 2.69. The quantitative estimate of drug-likeness (QED) is 0.578. The monoisotopic (exact) mass is 228 g/mol. The van der Waals surface area contributed by atoms with Gasteiger partial charge >= 0.3 is 5.97 Å². The van der Waals surface area contributed by atoms with Crippen LogP contribution in [0.15, 0.2) is 18.2 Å². The van der Waals surface area contributed by atoms with E-state index in [1.165, 1.54) is 7.11 Å². The van der Waals surface area contributed by atoms with Gasteiger partial charge in [0.25, 0.3) is 0 Å². The predicted molar refractivity (Wildman–Crippen MR) is 60.3 cm³/mol. The lowest BCUT2D eigenvalue weighted by Gasteiger charge is -2.11. The lowest BCUT2D eigenvalue weighted by atomic mass is 10.1. The van der Waals surface area contributed by atoms with E-state index in [-0.39, 0.29) is 18.4 Å². The second-order valence-electron chi connectivity index (χ2n) is 3.28. The number of hydrazine groups is 1. The molecule has 0 aliphatic carbocycles. The standard InChI is InChI=1S/C10H12N2O2.ClH/c1-14-10(13)8-2-3-9-7(6-8)4-5-12(9)11;/h2-3,6H,4-5,11H2,1H3;1H. The van der Waals surface area contributed by atoms with Gasteiger partial charge in [-0.1, -0.05) is 0 Å². The molecule has 1 heterocycles. The minimum atomic E-state index is -0.303. The molecule has 4 nitrogen and oxygen atoms in total. The van der Waals surface area contributed by atoms with Crippen molar-refractivity contribution < 1.29 is 9.53 Å². The minimum Gasteiger partial charge on any atom is -0.465 e. The zero-order chi connectivity index (χ0) is 10.1. The van der Waals surface area contributed by atoms with Gasteiger partial charge in [-0.2, -0.15) is 0 Å². The number of ether oxygens (including phenoxy) is 1. The van der Waals surface area contributed by atoms with E-state index in [1.54, 1.807) is 11.1 Å². The molecular formula is C10H13ClN2O2. The van der Waals surface area contributed by atoms with Gasteiger partial charge in [0.05, 0.1) is 18.4 Å². The number of fused-ring (bicyclic) bond motifs is 1. The molecule has 1 aliphatic heterocycles. The molecule has 0 saturated heterocycles. The van der Waals surface area contributed by atoms with Crippen molar-refractivity contribution in [3.8, 4) is 0 Å². The molecule has 1 aliphatic rings. The van der Waals surface area contributed by atoms with Crippen LogP contribution in [0.4, 0.5) is 5.69 Å². The molecule has 0 spiro atoms. The number of anilines is 1. The molecule has 2 N–H and O–H groups in total. The Labute approximate surface area is 94.4 Å². The van der Waals surface area contributed by atoms with Crippen molar-refractivity contribution in [2.45, 2.75) is 6.42 Å². The molecule has 2 rings (SSSR count). The van der Waals surface area contributed by atoms with Crippen molar-refractivity contribution in [1.82, 2.24) is 0 Å². The fourth-order valence-corrected chi connectivity index (χ4v) is 1.67. The summed E-state index contributed by atoms with van der Waals surface area (Å²) in [4.78, 5) is 11.2. The zero-order valence-corrected chi connectivity index (χ0v) is 9.21. The average Bonchev–Trinajstić information content (AvgIpc) is 2.59. The van der Waals surface area contributed by atoms with E-state index in [1.807, 2.05) is 12.1 Å².